The van der Waals surface area contributed by atoms with Crippen LogP contribution in [-0.4, -0.2) is 35.5 Å². The Morgan fingerprint density at radius 3 is 2.53 bits per heavy atom. The molecule has 0 aromatic heterocycles. The van der Waals surface area contributed by atoms with Crippen molar-refractivity contribution < 1.29 is 14.4 Å². The lowest BCUT2D eigenvalue weighted by Crippen LogP contribution is -2.42. The lowest BCUT2D eigenvalue weighted by atomic mass is 9.88. The molecule has 30 heavy (non-hydrogen) atoms. The number of hydrogen-bond donors (Lipinski definition) is 2. The summed E-state index contributed by atoms with van der Waals surface area (Å²) in [7, 11) is 0. The normalized spacial score (nSPS) is 18.5. The predicted octanol–water partition coefficient (Wildman–Crippen LogP) is 3.97. The zero-order valence-corrected chi connectivity index (χ0v) is 17.5. The van der Waals surface area contributed by atoms with Crippen molar-refractivity contribution in [3.63, 3.8) is 0 Å². The third-order valence-corrected chi connectivity index (χ3v) is 6.08. The van der Waals surface area contributed by atoms with Crippen LogP contribution in [0.4, 0.5) is 10.5 Å². The standard InChI is InChI=1S/C23H21N3O3S/c1-23(17-11-7-9-15-8-3-4-10-16(15)17)21(28)26(22(29)25-23)14-20(27)24-18-12-5-6-13-19(18)30-2/h3-13H,14H2,1-2H3,(H,24,27)(H,25,29)/t23-/m0/s1. The van der Waals surface area contributed by atoms with Crippen molar-refractivity contribution in [3.05, 3.63) is 72.3 Å². The number of carbonyl (C=O) groups is 3. The summed E-state index contributed by atoms with van der Waals surface area (Å²) in [4.78, 5) is 40.4. The maximum Gasteiger partial charge on any atom is 0.325 e. The first-order valence-electron chi connectivity index (χ1n) is 9.49. The van der Waals surface area contributed by atoms with Crippen LogP contribution < -0.4 is 10.6 Å². The summed E-state index contributed by atoms with van der Waals surface area (Å²) in [6.45, 7) is 1.32. The molecule has 1 aliphatic rings. The third-order valence-electron chi connectivity index (χ3n) is 5.29. The third kappa shape index (κ3) is 3.41. The molecule has 2 N–H and O–H groups in total. The first-order valence-corrected chi connectivity index (χ1v) is 10.7. The average molecular weight is 420 g/mol. The number of amides is 4. The molecule has 1 aliphatic heterocycles. The predicted molar refractivity (Wildman–Crippen MR) is 118 cm³/mol. The number of rotatable bonds is 5. The maximum absolute atomic E-state index is 13.3. The summed E-state index contributed by atoms with van der Waals surface area (Å²) < 4.78 is 0. The number of benzene rings is 3. The minimum Gasteiger partial charge on any atom is -0.324 e. The maximum atomic E-state index is 13.3. The summed E-state index contributed by atoms with van der Waals surface area (Å²) in [5.41, 5.74) is 0.114. The van der Waals surface area contributed by atoms with Crippen LogP contribution in [-0.2, 0) is 15.1 Å². The van der Waals surface area contributed by atoms with E-state index in [0.717, 1.165) is 20.6 Å². The Bertz CT molecular complexity index is 1160. The van der Waals surface area contributed by atoms with Crippen molar-refractivity contribution in [3.8, 4) is 0 Å². The molecule has 6 nitrogen and oxygen atoms in total. The van der Waals surface area contributed by atoms with E-state index in [2.05, 4.69) is 10.6 Å². The molecule has 0 bridgehead atoms. The molecule has 0 spiro atoms. The Hall–Kier alpha value is -3.32. The molecule has 1 heterocycles. The van der Waals surface area contributed by atoms with E-state index >= 15 is 0 Å². The molecule has 152 valence electrons. The summed E-state index contributed by atoms with van der Waals surface area (Å²) in [6, 6.07) is 20.1. The van der Waals surface area contributed by atoms with Crippen LogP contribution in [0.15, 0.2) is 71.6 Å². The summed E-state index contributed by atoms with van der Waals surface area (Å²) in [5.74, 6) is -0.876. The van der Waals surface area contributed by atoms with E-state index < -0.39 is 23.4 Å². The van der Waals surface area contributed by atoms with Gasteiger partial charge < -0.3 is 10.6 Å². The summed E-state index contributed by atoms with van der Waals surface area (Å²) in [6.07, 6.45) is 1.91. The molecule has 1 fully saturated rings. The van der Waals surface area contributed by atoms with Crippen molar-refractivity contribution in [2.24, 2.45) is 0 Å². The second-order valence-electron chi connectivity index (χ2n) is 7.22. The van der Waals surface area contributed by atoms with Gasteiger partial charge in [-0.05, 0) is 41.6 Å². The molecule has 0 unspecified atom stereocenters. The Morgan fingerprint density at radius 2 is 1.73 bits per heavy atom. The monoisotopic (exact) mass is 419 g/mol. The second-order valence-corrected chi connectivity index (χ2v) is 8.07. The van der Waals surface area contributed by atoms with Gasteiger partial charge in [0.15, 0.2) is 0 Å². The highest BCUT2D eigenvalue weighted by atomic mass is 32.2. The number of imide groups is 1. The van der Waals surface area contributed by atoms with Gasteiger partial charge in [-0.1, -0.05) is 54.6 Å². The summed E-state index contributed by atoms with van der Waals surface area (Å²) >= 11 is 1.50. The zero-order chi connectivity index (χ0) is 21.3. The van der Waals surface area contributed by atoms with E-state index in [9.17, 15) is 14.4 Å². The number of carbonyl (C=O) groups excluding carboxylic acids is 3. The van der Waals surface area contributed by atoms with Crippen molar-refractivity contribution in [2.75, 3.05) is 18.1 Å². The molecule has 7 heteroatoms. The largest absolute Gasteiger partial charge is 0.325 e. The lowest BCUT2D eigenvalue weighted by molar-refractivity contribution is -0.133. The quantitative estimate of drug-likeness (QED) is 0.485. The Kier molecular flexibility index (Phi) is 5.22. The Balaban J connectivity index is 1.59. The first kappa shape index (κ1) is 20.0. The van der Waals surface area contributed by atoms with Crippen molar-refractivity contribution in [1.29, 1.82) is 0 Å². The number of fused-ring (bicyclic) bond motifs is 1. The highest BCUT2D eigenvalue weighted by Gasteiger charge is 2.50. The fraction of sp³-hybridized carbons (Fsp3) is 0.174. The Morgan fingerprint density at radius 1 is 1.03 bits per heavy atom. The molecule has 0 radical (unpaired) electrons. The van der Waals surface area contributed by atoms with Gasteiger partial charge in [-0.15, -0.1) is 11.8 Å². The summed E-state index contributed by atoms with van der Waals surface area (Å²) in [5, 5.41) is 7.44. The van der Waals surface area contributed by atoms with Gasteiger partial charge >= 0.3 is 6.03 Å². The molecular weight excluding hydrogens is 398 g/mol. The van der Waals surface area contributed by atoms with Crippen LogP contribution in [0.1, 0.15) is 12.5 Å². The molecule has 0 saturated carbocycles. The van der Waals surface area contributed by atoms with E-state index in [1.54, 1.807) is 13.0 Å². The fourth-order valence-corrected chi connectivity index (χ4v) is 4.32. The fourth-order valence-electron chi connectivity index (χ4n) is 3.77. The molecule has 4 rings (SSSR count). The average Bonchev–Trinajstić information content (AvgIpc) is 2.97. The number of hydrogen-bond acceptors (Lipinski definition) is 4. The molecule has 4 amide bonds. The zero-order valence-electron chi connectivity index (χ0n) is 16.6. The van der Waals surface area contributed by atoms with Gasteiger partial charge in [-0.3, -0.25) is 14.5 Å². The number of urea groups is 1. The van der Waals surface area contributed by atoms with Gasteiger partial charge in [0.2, 0.25) is 5.91 Å². The van der Waals surface area contributed by atoms with E-state index in [4.69, 9.17) is 0 Å². The molecule has 1 atom stereocenters. The number of anilines is 1. The van der Waals surface area contributed by atoms with Gasteiger partial charge in [-0.2, -0.15) is 0 Å². The highest BCUT2D eigenvalue weighted by molar-refractivity contribution is 7.98. The minimum atomic E-state index is -1.24. The van der Waals surface area contributed by atoms with E-state index in [0.29, 0.717) is 11.3 Å². The number of thioether (sulfide) groups is 1. The Labute approximate surface area is 178 Å². The highest BCUT2D eigenvalue weighted by Crippen LogP contribution is 2.34. The van der Waals surface area contributed by atoms with Crippen LogP contribution >= 0.6 is 11.8 Å². The topological polar surface area (TPSA) is 78.5 Å². The minimum absolute atomic E-state index is 0.353. The van der Waals surface area contributed by atoms with Gasteiger partial charge in [0.1, 0.15) is 12.1 Å². The molecule has 1 saturated heterocycles. The van der Waals surface area contributed by atoms with E-state index in [1.165, 1.54) is 11.8 Å². The van der Waals surface area contributed by atoms with Crippen LogP contribution in [0.3, 0.4) is 0 Å². The van der Waals surface area contributed by atoms with Crippen LogP contribution in [0.25, 0.3) is 10.8 Å². The second kappa shape index (κ2) is 7.84. The van der Waals surface area contributed by atoms with Crippen LogP contribution in [0.5, 0.6) is 0 Å². The van der Waals surface area contributed by atoms with E-state index in [-0.39, 0.29) is 6.54 Å². The molecular formula is C23H21N3O3S. The van der Waals surface area contributed by atoms with Gasteiger partial charge in [-0.25, -0.2) is 4.79 Å². The van der Waals surface area contributed by atoms with Crippen LogP contribution in [0, 0.1) is 0 Å². The van der Waals surface area contributed by atoms with Crippen molar-refractivity contribution >= 4 is 46.1 Å². The van der Waals surface area contributed by atoms with Crippen molar-refractivity contribution in [2.45, 2.75) is 17.4 Å². The van der Waals surface area contributed by atoms with Crippen molar-refractivity contribution in [1.82, 2.24) is 10.2 Å². The van der Waals surface area contributed by atoms with Crippen LogP contribution in [0.2, 0.25) is 0 Å². The first-order chi connectivity index (χ1) is 14.4. The van der Waals surface area contributed by atoms with Gasteiger partial charge in [0, 0.05) is 4.90 Å². The smallest absolute Gasteiger partial charge is 0.324 e. The molecule has 3 aromatic carbocycles. The van der Waals surface area contributed by atoms with E-state index in [1.807, 2.05) is 66.9 Å². The SMILES string of the molecule is CSc1ccccc1NC(=O)CN1C(=O)N[C@@](C)(c2cccc3ccccc23)C1=O. The van der Waals surface area contributed by atoms with Gasteiger partial charge in [0.05, 0.1) is 5.69 Å². The number of nitrogens with zero attached hydrogens (tertiary/aromatic N) is 1. The van der Waals surface area contributed by atoms with Gasteiger partial charge in [0.25, 0.3) is 5.91 Å². The molecule has 3 aromatic rings. The number of nitrogens with one attached hydrogen (secondary N) is 2. The lowest BCUT2D eigenvalue weighted by Gasteiger charge is -2.24. The number of para-hydroxylation sites is 1. The molecule has 0 aliphatic carbocycles.